The lowest BCUT2D eigenvalue weighted by Gasteiger charge is -2.39. The third kappa shape index (κ3) is 4.43. The van der Waals surface area contributed by atoms with Gasteiger partial charge >= 0.3 is 0 Å². The number of rotatable bonds is 6. The van der Waals surface area contributed by atoms with Crippen molar-refractivity contribution in [2.45, 2.75) is 26.3 Å². The van der Waals surface area contributed by atoms with Gasteiger partial charge in [-0.05, 0) is 45.0 Å². The number of methoxy groups -OCH3 is 1. The highest BCUT2D eigenvalue weighted by Crippen LogP contribution is 2.32. The maximum absolute atomic E-state index is 13.9. The van der Waals surface area contributed by atoms with Crippen molar-refractivity contribution in [3.8, 4) is 0 Å². The normalized spacial score (nSPS) is 16.3. The first-order valence-corrected chi connectivity index (χ1v) is 7.96. The van der Waals surface area contributed by atoms with E-state index in [2.05, 4.69) is 5.32 Å². The molecule has 0 unspecified atom stereocenters. The molecule has 1 heterocycles. The van der Waals surface area contributed by atoms with Crippen LogP contribution in [0.15, 0.2) is 18.2 Å². The van der Waals surface area contributed by atoms with E-state index < -0.39 is 17.0 Å². The van der Waals surface area contributed by atoms with Gasteiger partial charge < -0.3 is 15.0 Å². The summed E-state index contributed by atoms with van der Waals surface area (Å²) in [4.78, 5) is 14.6. The fraction of sp³-hybridized carbons (Fsp3) is 0.588. The fourth-order valence-corrected chi connectivity index (χ4v) is 3.14. The Kier molecular flexibility index (Phi) is 8.06. The standard InChI is InChI=1S/C17H24F2N2O2.ClH/c1-3-21(11-13-14(18)5-4-6-15(13)19)16(22)17(12-23-2)7-9-20-10-8-17;/h4-6,20H,3,7-12H2,1-2H3;1H. The molecule has 0 radical (unpaired) electrons. The number of benzene rings is 1. The molecule has 1 amide bonds. The number of piperidine rings is 1. The van der Waals surface area contributed by atoms with Crippen molar-refractivity contribution < 1.29 is 18.3 Å². The summed E-state index contributed by atoms with van der Waals surface area (Å²) < 4.78 is 33.0. The Morgan fingerprint density at radius 2 is 1.88 bits per heavy atom. The molecule has 7 heteroatoms. The average Bonchev–Trinajstić information content (AvgIpc) is 2.55. The molecule has 0 spiro atoms. The third-order valence-electron chi connectivity index (χ3n) is 4.51. The summed E-state index contributed by atoms with van der Waals surface area (Å²) in [6, 6.07) is 3.75. The van der Waals surface area contributed by atoms with Gasteiger partial charge in [0.25, 0.3) is 0 Å². The van der Waals surface area contributed by atoms with Gasteiger partial charge in [0.1, 0.15) is 11.6 Å². The van der Waals surface area contributed by atoms with Gasteiger partial charge in [0.2, 0.25) is 5.91 Å². The van der Waals surface area contributed by atoms with Crippen molar-refractivity contribution >= 4 is 18.3 Å². The van der Waals surface area contributed by atoms with E-state index in [1.165, 1.54) is 23.1 Å². The number of nitrogens with one attached hydrogen (secondary N) is 1. The van der Waals surface area contributed by atoms with Crippen LogP contribution in [0.5, 0.6) is 0 Å². The maximum Gasteiger partial charge on any atom is 0.231 e. The zero-order valence-corrected chi connectivity index (χ0v) is 14.9. The van der Waals surface area contributed by atoms with E-state index in [0.717, 1.165) is 13.1 Å². The SMILES string of the molecule is CCN(Cc1c(F)cccc1F)C(=O)C1(COC)CCNCC1.Cl. The second-order valence-electron chi connectivity index (χ2n) is 5.98. The Hall–Kier alpha value is -1.24. The Morgan fingerprint density at radius 1 is 1.29 bits per heavy atom. The number of carbonyl (C=O) groups excluding carboxylic acids is 1. The third-order valence-corrected chi connectivity index (χ3v) is 4.51. The topological polar surface area (TPSA) is 41.6 Å². The summed E-state index contributed by atoms with van der Waals surface area (Å²) in [6.07, 6.45) is 1.33. The van der Waals surface area contributed by atoms with Gasteiger partial charge in [0.15, 0.2) is 0 Å². The molecule has 1 N–H and O–H groups in total. The highest BCUT2D eigenvalue weighted by Gasteiger charge is 2.42. The van der Waals surface area contributed by atoms with Crippen molar-refractivity contribution in [1.82, 2.24) is 10.2 Å². The van der Waals surface area contributed by atoms with Crippen LogP contribution in [0.25, 0.3) is 0 Å². The highest BCUT2D eigenvalue weighted by atomic mass is 35.5. The van der Waals surface area contributed by atoms with E-state index >= 15 is 0 Å². The molecule has 0 aliphatic carbocycles. The molecule has 1 saturated heterocycles. The molecule has 24 heavy (non-hydrogen) atoms. The fourth-order valence-electron chi connectivity index (χ4n) is 3.14. The van der Waals surface area contributed by atoms with Gasteiger partial charge in [0.05, 0.1) is 18.6 Å². The summed E-state index contributed by atoms with van der Waals surface area (Å²) in [5, 5.41) is 3.23. The highest BCUT2D eigenvalue weighted by molar-refractivity contribution is 5.85. The number of amides is 1. The van der Waals surface area contributed by atoms with Crippen molar-refractivity contribution in [1.29, 1.82) is 0 Å². The quantitative estimate of drug-likeness (QED) is 0.846. The molecule has 136 valence electrons. The van der Waals surface area contributed by atoms with Crippen LogP contribution < -0.4 is 5.32 Å². The largest absolute Gasteiger partial charge is 0.384 e. The minimum atomic E-state index is -0.623. The summed E-state index contributed by atoms with van der Waals surface area (Å²) in [5.41, 5.74) is -0.679. The zero-order valence-electron chi connectivity index (χ0n) is 14.1. The molecular formula is C17H25ClF2N2O2. The molecule has 1 aromatic rings. The lowest BCUT2D eigenvalue weighted by molar-refractivity contribution is -0.148. The molecule has 1 fully saturated rings. The minimum absolute atomic E-state index is 0. The molecule has 1 aliphatic heterocycles. The molecular weight excluding hydrogens is 338 g/mol. The van der Waals surface area contributed by atoms with Crippen molar-refractivity contribution in [2.24, 2.45) is 5.41 Å². The van der Waals surface area contributed by atoms with E-state index in [1.807, 2.05) is 6.92 Å². The summed E-state index contributed by atoms with van der Waals surface area (Å²) in [7, 11) is 1.57. The molecule has 0 atom stereocenters. The van der Waals surface area contributed by atoms with Crippen LogP contribution in [0.4, 0.5) is 8.78 Å². The van der Waals surface area contributed by atoms with Crippen LogP contribution in [0.1, 0.15) is 25.3 Å². The second kappa shape index (κ2) is 9.30. The predicted octanol–water partition coefficient (Wildman–Crippen LogP) is 2.75. The monoisotopic (exact) mass is 362 g/mol. The molecule has 0 aromatic heterocycles. The minimum Gasteiger partial charge on any atom is -0.384 e. The molecule has 0 saturated carbocycles. The van der Waals surface area contributed by atoms with Crippen molar-refractivity contribution in [2.75, 3.05) is 33.4 Å². The Bertz CT molecular complexity index is 526. The van der Waals surface area contributed by atoms with E-state index in [-0.39, 0.29) is 30.4 Å². The van der Waals surface area contributed by atoms with Crippen LogP contribution >= 0.6 is 12.4 Å². The van der Waals surface area contributed by atoms with Crippen LogP contribution in [0.2, 0.25) is 0 Å². The Balaban J connectivity index is 0.00000288. The number of hydrogen-bond acceptors (Lipinski definition) is 3. The van der Waals surface area contributed by atoms with Gasteiger partial charge in [-0.1, -0.05) is 6.07 Å². The first-order valence-electron chi connectivity index (χ1n) is 7.96. The smallest absolute Gasteiger partial charge is 0.231 e. The van der Waals surface area contributed by atoms with E-state index in [9.17, 15) is 13.6 Å². The van der Waals surface area contributed by atoms with E-state index in [4.69, 9.17) is 4.74 Å². The Morgan fingerprint density at radius 3 is 2.38 bits per heavy atom. The van der Waals surface area contributed by atoms with Crippen LogP contribution in [-0.2, 0) is 16.1 Å². The van der Waals surface area contributed by atoms with E-state index in [0.29, 0.717) is 26.0 Å². The van der Waals surface area contributed by atoms with Gasteiger partial charge in [-0.15, -0.1) is 12.4 Å². The predicted molar refractivity (Wildman–Crippen MR) is 91.1 cm³/mol. The lowest BCUT2D eigenvalue weighted by atomic mass is 9.78. The molecule has 1 aromatic carbocycles. The van der Waals surface area contributed by atoms with Crippen molar-refractivity contribution in [3.63, 3.8) is 0 Å². The molecule has 2 rings (SSSR count). The van der Waals surface area contributed by atoms with Gasteiger partial charge in [-0.25, -0.2) is 8.78 Å². The first-order chi connectivity index (χ1) is 11.0. The van der Waals surface area contributed by atoms with Gasteiger partial charge in [-0.3, -0.25) is 4.79 Å². The summed E-state index contributed by atoms with van der Waals surface area (Å²) in [6.45, 7) is 3.95. The van der Waals surface area contributed by atoms with Crippen LogP contribution in [0, 0.1) is 17.0 Å². The van der Waals surface area contributed by atoms with E-state index in [1.54, 1.807) is 7.11 Å². The lowest BCUT2D eigenvalue weighted by Crippen LogP contribution is -2.51. The number of hydrogen-bond donors (Lipinski definition) is 1. The number of carbonyl (C=O) groups is 1. The molecule has 4 nitrogen and oxygen atoms in total. The van der Waals surface area contributed by atoms with Crippen LogP contribution in [-0.4, -0.2) is 44.2 Å². The first kappa shape index (κ1) is 20.8. The number of halogens is 3. The second-order valence-corrected chi connectivity index (χ2v) is 5.98. The Labute approximate surface area is 148 Å². The molecule has 1 aliphatic rings. The number of nitrogens with zero attached hydrogens (tertiary/aromatic N) is 1. The van der Waals surface area contributed by atoms with Crippen molar-refractivity contribution in [3.05, 3.63) is 35.4 Å². The number of ether oxygens (including phenoxy) is 1. The zero-order chi connectivity index (χ0) is 16.9. The summed E-state index contributed by atoms with van der Waals surface area (Å²) in [5.74, 6) is -1.34. The maximum atomic E-state index is 13.9. The van der Waals surface area contributed by atoms with Gasteiger partial charge in [-0.2, -0.15) is 0 Å². The van der Waals surface area contributed by atoms with Crippen LogP contribution in [0.3, 0.4) is 0 Å². The molecule has 0 bridgehead atoms. The van der Waals surface area contributed by atoms with Gasteiger partial charge in [0, 0.05) is 19.2 Å². The summed E-state index contributed by atoms with van der Waals surface area (Å²) >= 11 is 0. The average molecular weight is 363 g/mol.